The number of hydrogen-bond acceptors (Lipinski definition) is 2. The van der Waals surface area contributed by atoms with Gasteiger partial charge >= 0.3 is 6.18 Å². The Kier molecular flexibility index (Phi) is 3.42. The van der Waals surface area contributed by atoms with Gasteiger partial charge in [0.05, 0.1) is 5.60 Å². The summed E-state index contributed by atoms with van der Waals surface area (Å²) in [5.41, 5.74) is -0.0373. The van der Waals surface area contributed by atoms with Crippen molar-refractivity contribution >= 4 is 0 Å². The number of aromatic hydroxyl groups is 1. The van der Waals surface area contributed by atoms with Gasteiger partial charge in [-0.15, -0.1) is 0 Å². The van der Waals surface area contributed by atoms with Crippen molar-refractivity contribution in [1.82, 2.24) is 0 Å². The second-order valence-electron chi connectivity index (χ2n) is 7.55. The van der Waals surface area contributed by atoms with Crippen LogP contribution in [-0.4, -0.2) is 17.9 Å². The Morgan fingerprint density at radius 1 is 0.957 bits per heavy atom. The number of halogens is 3. The largest absolute Gasteiger partial charge is 0.508 e. The Labute approximate surface area is 133 Å². The molecule has 4 saturated carbocycles. The maximum absolute atomic E-state index is 12.9. The molecule has 5 rings (SSSR count). The number of phenols is 1. The number of phenolic OH excluding ortho intramolecular Hbond substituents is 1. The molecule has 4 bridgehead atoms. The Morgan fingerprint density at radius 2 is 1.48 bits per heavy atom. The smallest absolute Gasteiger partial charge is 0.411 e. The van der Waals surface area contributed by atoms with Crippen molar-refractivity contribution in [3.63, 3.8) is 0 Å². The van der Waals surface area contributed by atoms with Crippen LogP contribution in [0, 0.1) is 23.7 Å². The van der Waals surface area contributed by atoms with Crippen LogP contribution in [0.25, 0.3) is 0 Å². The summed E-state index contributed by atoms with van der Waals surface area (Å²) in [4.78, 5) is 0. The molecule has 23 heavy (non-hydrogen) atoms. The summed E-state index contributed by atoms with van der Waals surface area (Å²) in [7, 11) is 0. The van der Waals surface area contributed by atoms with E-state index in [1.807, 2.05) is 0 Å². The van der Waals surface area contributed by atoms with Gasteiger partial charge in [0.15, 0.2) is 0 Å². The number of benzene rings is 1. The highest BCUT2D eigenvalue weighted by Crippen LogP contribution is 2.63. The maximum Gasteiger partial charge on any atom is 0.411 e. The number of rotatable bonds is 3. The zero-order valence-electron chi connectivity index (χ0n) is 12.9. The van der Waals surface area contributed by atoms with Crippen LogP contribution < -0.4 is 0 Å². The van der Waals surface area contributed by atoms with Crippen LogP contribution in [0.3, 0.4) is 0 Å². The molecule has 0 unspecified atom stereocenters. The summed E-state index contributed by atoms with van der Waals surface area (Å²) in [6.07, 6.45) is 0.769. The average Bonchev–Trinajstić information content (AvgIpc) is 2.47. The highest BCUT2D eigenvalue weighted by molar-refractivity contribution is 5.33. The molecule has 4 aliphatic rings. The van der Waals surface area contributed by atoms with Gasteiger partial charge in [0.1, 0.15) is 12.4 Å². The average molecular weight is 326 g/mol. The van der Waals surface area contributed by atoms with E-state index in [2.05, 4.69) is 0 Å². The lowest BCUT2D eigenvalue weighted by molar-refractivity contribution is -0.264. The quantitative estimate of drug-likeness (QED) is 0.878. The Morgan fingerprint density at radius 3 is 1.96 bits per heavy atom. The minimum atomic E-state index is -4.32. The lowest BCUT2D eigenvalue weighted by Crippen LogP contribution is -2.57. The third-order valence-corrected chi connectivity index (χ3v) is 6.14. The Balaban J connectivity index is 1.73. The van der Waals surface area contributed by atoms with E-state index in [0.717, 1.165) is 31.2 Å². The van der Waals surface area contributed by atoms with Crippen molar-refractivity contribution in [2.75, 3.05) is 6.61 Å². The normalized spacial score (nSPS) is 38.9. The molecule has 1 aromatic carbocycles. The van der Waals surface area contributed by atoms with E-state index in [1.54, 1.807) is 24.3 Å². The van der Waals surface area contributed by atoms with Crippen molar-refractivity contribution in [1.29, 1.82) is 0 Å². The minimum absolute atomic E-state index is 0.128. The SMILES string of the molecule is Oc1ccc(C2(OCC(F)(F)F)C3CC4CC(C3)CC2C4)cc1. The fraction of sp³-hybridized carbons (Fsp3) is 0.667. The van der Waals surface area contributed by atoms with Crippen LogP contribution in [0.15, 0.2) is 24.3 Å². The van der Waals surface area contributed by atoms with Crippen LogP contribution in [0.2, 0.25) is 0 Å². The second kappa shape index (κ2) is 5.13. The first-order valence-electron chi connectivity index (χ1n) is 8.37. The second-order valence-corrected chi connectivity index (χ2v) is 7.55. The molecule has 2 nitrogen and oxygen atoms in total. The predicted octanol–water partition coefficient (Wildman–Crippen LogP) is 4.62. The molecule has 0 spiro atoms. The van der Waals surface area contributed by atoms with Crippen molar-refractivity contribution in [3.05, 3.63) is 29.8 Å². The lowest BCUT2D eigenvalue weighted by atomic mass is 9.48. The summed E-state index contributed by atoms with van der Waals surface area (Å²) in [6.45, 7) is -1.20. The molecule has 4 fully saturated rings. The lowest BCUT2D eigenvalue weighted by Gasteiger charge is -2.61. The maximum atomic E-state index is 12.9. The fourth-order valence-electron chi connectivity index (χ4n) is 5.60. The minimum Gasteiger partial charge on any atom is -0.508 e. The molecule has 0 radical (unpaired) electrons. The van der Waals surface area contributed by atoms with Gasteiger partial charge in [-0.2, -0.15) is 13.2 Å². The van der Waals surface area contributed by atoms with Crippen molar-refractivity contribution < 1.29 is 23.0 Å². The van der Waals surface area contributed by atoms with Crippen LogP contribution in [0.4, 0.5) is 13.2 Å². The van der Waals surface area contributed by atoms with Gasteiger partial charge in [-0.25, -0.2) is 0 Å². The highest BCUT2D eigenvalue weighted by Gasteiger charge is 2.59. The molecule has 0 atom stereocenters. The van der Waals surface area contributed by atoms with E-state index < -0.39 is 18.4 Å². The van der Waals surface area contributed by atoms with Crippen molar-refractivity contribution in [3.8, 4) is 5.75 Å². The molecule has 0 amide bonds. The predicted molar refractivity (Wildman–Crippen MR) is 78.8 cm³/mol. The third-order valence-electron chi connectivity index (χ3n) is 6.14. The number of alkyl halides is 3. The molecule has 1 aromatic rings. The Bertz CT molecular complexity index is 551. The summed E-state index contributed by atoms with van der Waals surface area (Å²) in [5, 5.41) is 9.53. The molecular formula is C18H21F3O2. The monoisotopic (exact) mass is 326 g/mol. The number of hydrogen-bond donors (Lipinski definition) is 1. The van der Waals surface area contributed by atoms with Gasteiger partial charge < -0.3 is 9.84 Å². The molecule has 4 aliphatic carbocycles. The molecule has 126 valence electrons. The van der Waals surface area contributed by atoms with E-state index >= 15 is 0 Å². The van der Waals surface area contributed by atoms with Crippen molar-refractivity contribution in [2.24, 2.45) is 23.7 Å². The van der Waals surface area contributed by atoms with Gasteiger partial charge in [0.25, 0.3) is 0 Å². The van der Waals surface area contributed by atoms with E-state index in [-0.39, 0.29) is 17.6 Å². The summed E-state index contributed by atoms with van der Waals surface area (Å²) in [5.74, 6) is 1.74. The zero-order chi connectivity index (χ0) is 16.2. The first kappa shape index (κ1) is 15.3. The fourth-order valence-corrected chi connectivity index (χ4v) is 5.60. The first-order valence-corrected chi connectivity index (χ1v) is 8.37. The summed E-state index contributed by atoms with van der Waals surface area (Å²) < 4.78 is 44.3. The first-order chi connectivity index (χ1) is 10.9. The summed E-state index contributed by atoms with van der Waals surface area (Å²) >= 11 is 0. The third kappa shape index (κ3) is 2.53. The topological polar surface area (TPSA) is 29.5 Å². The van der Waals surface area contributed by atoms with Crippen LogP contribution in [-0.2, 0) is 10.3 Å². The van der Waals surface area contributed by atoms with Crippen LogP contribution in [0.5, 0.6) is 5.75 Å². The molecule has 0 aliphatic heterocycles. The van der Waals surface area contributed by atoms with Gasteiger partial charge in [0, 0.05) is 0 Å². The summed E-state index contributed by atoms with van der Waals surface area (Å²) in [6, 6.07) is 6.60. The van der Waals surface area contributed by atoms with E-state index in [1.165, 1.54) is 6.42 Å². The van der Waals surface area contributed by atoms with E-state index in [4.69, 9.17) is 4.74 Å². The highest BCUT2D eigenvalue weighted by atomic mass is 19.4. The standard InChI is InChI=1S/C18H21F3O2/c19-17(20,21)10-23-18(13-1-3-16(22)4-2-13)14-6-11-5-12(8-14)9-15(18)7-11/h1-4,11-12,14-15,22H,5-10H2. The van der Waals surface area contributed by atoms with Crippen LogP contribution in [0.1, 0.15) is 37.7 Å². The van der Waals surface area contributed by atoms with E-state index in [9.17, 15) is 18.3 Å². The molecule has 0 aromatic heterocycles. The molecule has 1 N–H and O–H groups in total. The zero-order valence-corrected chi connectivity index (χ0v) is 12.9. The molecule has 0 saturated heterocycles. The van der Waals surface area contributed by atoms with Gasteiger partial charge in [-0.3, -0.25) is 0 Å². The molecular weight excluding hydrogens is 305 g/mol. The molecule has 5 heteroatoms. The van der Waals surface area contributed by atoms with Gasteiger partial charge in [-0.1, -0.05) is 12.1 Å². The Hall–Kier alpha value is -1.23. The van der Waals surface area contributed by atoms with Crippen LogP contribution >= 0.6 is 0 Å². The number of ether oxygens (including phenoxy) is 1. The van der Waals surface area contributed by atoms with E-state index in [0.29, 0.717) is 11.8 Å². The van der Waals surface area contributed by atoms with Gasteiger partial charge in [0.2, 0.25) is 0 Å². The van der Waals surface area contributed by atoms with Gasteiger partial charge in [-0.05, 0) is 73.5 Å². The van der Waals surface area contributed by atoms with Crippen molar-refractivity contribution in [2.45, 2.75) is 43.9 Å². The molecule has 0 heterocycles.